The second-order valence-electron chi connectivity index (χ2n) is 12.0. The number of para-hydroxylation sites is 3. The topological polar surface area (TPSA) is 52.9 Å². The molecule has 0 unspecified atom stereocenters. The highest BCUT2D eigenvalue weighted by Crippen LogP contribution is 2.39. The molecule has 7 aromatic carbocycles. The van der Waals surface area contributed by atoms with Crippen LogP contribution in [0.4, 0.5) is 5.69 Å². The molecule has 6 nitrogen and oxygen atoms in total. The van der Waals surface area contributed by atoms with Crippen LogP contribution in [0.1, 0.15) is 0 Å². The lowest BCUT2D eigenvalue weighted by atomic mass is 9.97. The van der Waals surface area contributed by atoms with Crippen molar-refractivity contribution < 1.29 is 0 Å². The molecule has 3 aromatic heterocycles. The standard InChI is InChI=1S/C42H24N6/c1-43-34-20-12-24-38-39(34)32-19-8-11-23-37(32)48(38)42-45-40(33-25-26-13-2-3-14-27(26)28-15-4-5-16-29(28)33)44-41(46-42)47-35-21-9-6-17-30(35)31-18-7-10-22-36(31)47/h2-25H. The summed E-state index contributed by atoms with van der Waals surface area (Å²) < 4.78 is 4.21. The van der Waals surface area contributed by atoms with Gasteiger partial charge in [-0.25, -0.2) is 4.85 Å². The summed E-state index contributed by atoms with van der Waals surface area (Å²) >= 11 is 0. The lowest BCUT2D eigenvalue weighted by Gasteiger charge is -2.14. The number of nitrogens with zero attached hydrogens (tertiary/aromatic N) is 6. The van der Waals surface area contributed by atoms with E-state index >= 15 is 0 Å². The molecule has 0 amide bonds. The first-order valence-corrected chi connectivity index (χ1v) is 15.8. The van der Waals surface area contributed by atoms with Gasteiger partial charge in [0.25, 0.3) is 0 Å². The average molecular weight is 613 g/mol. The molecule has 10 rings (SSSR count). The van der Waals surface area contributed by atoms with Gasteiger partial charge in [0.2, 0.25) is 11.9 Å². The number of rotatable bonds is 3. The van der Waals surface area contributed by atoms with E-state index < -0.39 is 0 Å². The van der Waals surface area contributed by atoms with Crippen LogP contribution in [0.2, 0.25) is 0 Å². The van der Waals surface area contributed by atoms with Crippen molar-refractivity contribution in [3.63, 3.8) is 0 Å². The fourth-order valence-corrected chi connectivity index (χ4v) is 7.36. The molecule has 0 atom stereocenters. The predicted molar refractivity (Wildman–Crippen MR) is 195 cm³/mol. The van der Waals surface area contributed by atoms with E-state index in [1.807, 2.05) is 30.3 Å². The fraction of sp³-hybridized carbons (Fsp3) is 0. The van der Waals surface area contributed by atoms with E-state index in [0.29, 0.717) is 23.4 Å². The predicted octanol–water partition coefficient (Wildman–Crippen LogP) is 10.6. The summed E-state index contributed by atoms with van der Waals surface area (Å²) in [6, 6.07) is 49.8. The van der Waals surface area contributed by atoms with Gasteiger partial charge in [0.15, 0.2) is 11.5 Å². The van der Waals surface area contributed by atoms with E-state index in [1.54, 1.807) is 0 Å². The molecule has 0 fully saturated rings. The van der Waals surface area contributed by atoms with Gasteiger partial charge in [-0.15, -0.1) is 0 Å². The number of fused-ring (bicyclic) bond motifs is 9. The third kappa shape index (κ3) is 3.70. The Morgan fingerprint density at radius 1 is 0.438 bits per heavy atom. The maximum atomic E-state index is 7.96. The van der Waals surface area contributed by atoms with Gasteiger partial charge in [0.1, 0.15) is 0 Å². The zero-order valence-electron chi connectivity index (χ0n) is 25.5. The summed E-state index contributed by atoms with van der Waals surface area (Å²) in [7, 11) is 0. The highest BCUT2D eigenvalue weighted by molar-refractivity contribution is 6.16. The third-order valence-corrected chi connectivity index (χ3v) is 9.40. The quantitative estimate of drug-likeness (QED) is 0.147. The molecule has 222 valence electrons. The van der Waals surface area contributed by atoms with Crippen molar-refractivity contribution in [1.82, 2.24) is 24.1 Å². The lowest BCUT2D eigenvalue weighted by molar-refractivity contribution is 0.893. The number of hydrogen-bond donors (Lipinski definition) is 0. The molecular formula is C42H24N6. The normalized spacial score (nSPS) is 11.7. The molecule has 0 saturated carbocycles. The van der Waals surface area contributed by atoms with Crippen molar-refractivity contribution in [2.75, 3.05) is 0 Å². The Balaban J connectivity index is 1.38. The molecule has 6 heteroatoms. The highest BCUT2D eigenvalue weighted by Gasteiger charge is 2.22. The molecule has 10 aromatic rings. The maximum Gasteiger partial charge on any atom is 0.240 e. The van der Waals surface area contributed by atoms with E-state index in [1.165, 1.54) is 5.39 Å². The van der Waals surface area contributed by atoms with E-state index in [0.717, 1.165) is 65.3 Å². The van der Waals surface area contributed by atoms with Crippen LogP contribution in [0.15, 0.2) is 146 Å². The Hall–Kier alpha value is -6.84. The fourth-order valence-electron chi connectivity index (χ4n) is 7.36. The number of aromatic nitrogens is 5. The van der Waals surface area contributed by atoms with Crippen LogP contribution < -0.4 is 0 Å². The molecule has 0 aliphatic heterocycles. The summed E-state index contributed by atoms with van der Waals surface area (Å²) in [6.07, 6.45) is 0. The summed E-state index contributed by atoms with van der Waals surface area (Å²) in [6.45, 7) is 7.96. The van der Waals surface area contributed by atoms with Crippen molar-refractivity contribution in [3.8, 4) is 23.3 Å². The minimum Gasteiger partial charge on any atom is -0.279 e. The van der Waals surface area contributed by atoms with E-state index in [4.69, 9.17) is 21.5 Å². The lowest BCUT2D eigenvalue weighted by Crippen LogP contribution is -2.10. The second-order valence-corrected chi connectivity index (χ2v) is 12.0. The summed E-state index contributed by atoms with van der Waals surface area (Å²) in [4.78, 5) is 19.7. The summed E-state index contributed by atoms with van der Waals surface area (Å²) in [5.41, 5.74) is 5.36. The summed E-state index contributed by atoms with van der Waals surface area (Å²) in [5.74, 6) is 1.59. The Kier molecular flexibility index (Phi) is 5.54. The molecule has 48 heavy (non-hydrogen) atoms. The average Bonchev–Trinajstić information content (AvgIpc) is 3.67. The van der Waals surface area contributed by atoms with Crippen LogP contribution in [-0.4, -0.2) is 24.1 Å². The highest BCUT2D eigenvalue weighted by atomic mass is 15.3. The SMILES string of the molecule is [C-]#[N+]c1cccc2c1c1ccccc1n2-c1nc(-c2cc3ccccc3c3ccccc23)nc(-n2c3ccccc3c3ccccc32)n1. The van der Waals surface area contributed by atoms with Crippen molar-refractivity contribution in [3.05, 3.63) is 157 Å². The molecule has 0 bridgehead atoms. The smallest absolute Gasteiger partial charge is 0.240 e. The van der Waals surface area contributed by atoms with Crippen molar-refractivity contribution >= 4 is 70.8 Å². The molecule has 3 heterocycles. The van der Waals surface area contributed by atoms with Gasteiger partial charge in [0.05, 0.1) is 23.1 Å². The van der Waals surface area contributed by atoms with Gasteiger partial charge in [-0.2, -0.15) is 15.0 Å². The van der Waals surface area contributed by atoms with Gasteiger partial charge < -0.3 is 0 Å². The Morgan fingerprint density at radius 2 is 0.938 bits per heavy atom. The summed E-state index contributed by atoms with van der Waals surface area (Å²) in [5, 5.41) is 8.64. The largest absolute Gasteiger partial charge is 0.279 e. The number of hydrogen-bond acceptors (Lipinski definition) is 3. The zero-order valence-corrected chi connectivity index (χ0v) is 25.5. The van der Waals surface area contributed by atoms with Crippen LogP contribution in [0.25, 0.3) is 93.3 Å². The maximum absolute atomic E-state index is 7.96. The molecule has 0 radical (unpaired) electrons. The first kappa shape index (κ1) is 26.4. The van der Waals surface area contributed by atoms with Crippen LogP contribution in [0.5, 0.6) is 0 Å². The van der Waals surface area contributed by atoms with E-state index in [2.05, 4.69) is 129 Å². The van der Waals surface area contributed by atoms with Gasteiger partial charge in [0, 0.05) is 27.2 Å². The Labute approximate surface area is 274 Å². The Bertz CT molecular complexity index is 2920. The minimum atomic E-state index is 0.488. The van der Waals surface area contributed by atoms with Gasteiger partial charge >= 0.3 is 0 Å². The van der Waals surface area contributed by atoms with Crippen molar-refractivity contribution in [1.29, 1.82) is 0 Å². The molecule has 0 N–H and O–H groups in total. The van der Waals surface area contributed by atoms with Gasteiger partial charge in [-0.3, -0.25) is 9.13 Å². The number of benzene rings is 7. The first-order valence-electron chi connectivity index (χ1n) is 15.8. The van der Waals surface area contributed by atoms with E-state index in [-0.39, 0.29) is 0 Å². The monoisotopic (exact) mass is 612 g/mol. The zero-order chi connectivity index (χ0) is 31.8. The van der Waals surface area contributed by atoms with Crippen LogP contribution in [0, 0.1) is 6.57 Å². The van der Waals surface area contributed by atoms with Crippen molar-refractivity contribution in [2.45, 2.75) is 0 Å². The van der Waals surface area contributed by atoms with Gasteiger partial charge in [-0.1, -0.05) is 115 Å². The van der Waals surface area contributed by atoms with Crippen LogP contribution >= 0.6 is 0 Å². The molecular weight excluding hydrogens is 589 g/mol. The molecule has 0 aliphatic carbocycles. The molecule has 0 saturated heterocycles. The van der Waals surface area contributed by atoms with Crippen LogP contribution in [0.3, 0.4) is 0 Å². The molecule has 0 aliphatic rings. The first-order chi connectivity index (χ1) is 23.8. The molecule has 0 spiro atoms. The minimum absolute atomic E-state index is 0.488. The second kappa shape index (κ2) is 10.1. The van der Waals surface area contributed by atoms with Crippen LogP contribution in [-0.2, 0) is 0 Å². The van der Waals surface area contributed by atoms with Gasteiger partial charge in [-0.05, 0) is 57.3 Å². The van der Waals surface area contributed by atoms with Crippen molar-refractivity contribution in [2.24, 2.45) is 0 Å². The third-order valence-electron chi connectivity index (χ3n) is 9.40. The van der Waals surface area contributed by atoms with E-state index in [9.17, 15) is 0 Å². The Morgan fingerprint density at radius 3 is 1.60 bits per heavy atom.